The van der Waals surface area contributed by atoms with E-state index in [1.54, 1.807) is 6.07 Å². The summed E-state index contributed by atoms with van der Waals surface area (Å²) >= 11 is 5.70. The van der Waals surface area contributed by atoms with Gasteiger partial charge in [0.05, 0.1) is 9.92 Å². The Morgan fingerprint density at radius 1 is 1.30 bits per heavy atom. The van der Waals surface area contributed by atoms with Crippen LogP contribution in [0.5, 0.6) is 0 Å². The van der Waals surface area contributed by atoms with E-state index in [4.69, 9.17) is 27.2 Å². The fourth-order valence-electron chi connectivity index (χ4n) is 0.916. The Morgan fingerprint density at radius 3 is 2.25 bits per heavy atom. The van der Waals surface area contributed by atoms with Crippen molar-refractivity contribution in [3.63, 3.8) is 0 Å². The molecule has 0 aliphatic heterocycles. The molecule has 0 atom stereocenters. The summed E-state index contributed by atoms with van der Waals surface area (Å²) in [5, 5.41) is 23.9. The quantitative estimate of drug-likeness (QED) is 0.563. The van der Waals surface area contributed by atoms with Crippen molar-refractivity contribution in [3.05, 3.63) is 45.8 Å². The molecule has 6 nitrogen and oxygen atoms in total. The minimum atomic E-state index is -3.99. The molecule has 0 radical (unpaired) electrons. The summed E-state index contributed by atoms with van der Waals surface area (Å²) in [6.45, 7) is 0. The van der Waals surface area contributed by atoms with Crippen LogP contribution in [-0.4, -0.2) is 20.6 Å². The molecule has 100 valence electrons. The van der Waals surface area contributed by atoms with Crippen LogP contribution in [0, 0.1) is 22.7 Å². The minimum absolute atomic E-state index is 0. The standard InChI is InChI=1S/C10H5ClN3O2S.CH4O.Na/c11-9-3-1-2-4-10(9)17(15,16)14-7-8(5-12)6-13;1-2;/h1-4,7H;2H,1H3;/q-1;;+1. The van der Waals surface area contributed by atoms with Crippen molar-refractivity contribution < 1.29 is 43.1 Å². The van der Waals surface area contributed by atoms with Gasteiger partial charge in [-0.15, -0.1) is 6.20 Å². The first-order valence-corrected chi connectivity index (χ1v) is 6.50. The van der Waals surface area contributed by atoms with E-state index in [0.717, 1.165) is 7.11 Å². The molecule has 0 fully saturated rings. The maximum absolute atomic E-state index is 11.7. The van der Waals surface area contributed by atoms with Crippen LogP contribution in [0.3, 0.4) is 0 Å². The van der Waals surface area contributed by atoms with Crippen molar-refractivity contribution >= 4 is 21.6 Å². The van der Waals surface area contributed by atoms with Gasteiger partial charge in [0.15, 0.2) is 0 Å². The molecule has 1 aromatic carbocycles. The topological polar surface area (TPSA) is 116 Å². The van der Waals surface area contributed by atoms with Crippen LogP contribution in [0.1, 0.15) is 0 Å². The average Bonchev–Trinajstić information content (AvgIpc) is 2.42. The van der Waals surface area contributed by atoms with Crippen LogP contribution in [0.2, 0.25) is 5.02 Å². The predicted molar refractivity (Wildman–Crippen MR) is 69.4 cm³/mol. The second-order valence-corrected chi connectivity index (χ2v) is 4.79. The van der Waals surface area contributed by atoms with Gasteiger partial charge >= 0.3 is 29.6 Å². The van der Waals surface area contributed by atoms with E-state index in [-0.39, 0.29) is 39.5 Å². The first kappa shape index (κ1) is 21.2. The van der Waals surface area contributed by atoms with Crippen molar-refractivity contribution in [2.45, 2.75) is 4.90 Å². The van der Waals surface area contributed by atoms with Gasteiger partial charge < -0.3 is 9.83 Å². The fraction of sp³-hybridized carbons (Fsp3) is 0.0909. The van der Waals surface area contributed by atoms with Crippen LogP contribution in [0.4, 0.5) is 0 Å². The summed E-state index contributed by atoms with van der Waals surface area (Å²) in [7, 11) is -2.99. The van der Waals surface area contributed by atoms with Gasteiger partial charge in [-0.25, -0.2) is 8.42 Å². The molecule has 0 saturated heterocycles. The van der Waals surface area contributed by atoms with Crippen molar-refractivity contribution in [1.29, 1.82) is 10.5 Å². The van der Waals surface area contributed by atoms with E-state index in [2.05, 4.69) is 4.72 Å². The van der Waals surface area contributed by atoms with E-state index >= 15 is 0 Å². The molecule has 0 amide bonds. The number of halogens is 1. The maximum atomic E-state index is 11.7. The van der Waals surface area contributed by atoms with Crippen LogP contribution < -0.4 is 29.6 Å². The molecule has 0 unspecified atom stereocenters. The first-order valence-electron chi connectivity index (χ1n) is 4.68. The number of aliphatic hydroxyl groups is 1. The Morgan fingerprint density at radius 2 is 1.80 bits per heavy atom. The smallest absolute Gasteiger partial charge is 0.577 e. The van der Waals surface area contributed by atoms with Gasteiger partial charge in [-0.2, -0.15) is 10.5 Å². The summed E-state index contributed by atoms with van der Waals surface area (Å²) in [5.41, 5.74) is -0.402. The second-order valence-electron chi connectivity index (χ2n) is 2.78. The van der Waals surface area contributed by atoms with Gasteiger partial charge in [-0.1, -0.05) is 23.7 Å². The number of allylic oxidation sites excluding steroid dienone is 1. The van der Waals surface area contributed by atoms with E-state index < -0.39 is 15.6 Å². The Bertz CT molecular complexity index is 632. The summed E-state index contributed by atoms with van der Waals surface area (Å²) in [6.07, 6.45) is 0.693. The third kappa shape index (κ3) is 6.40. The molecule has 0 bridgehead atoms. The summed E-state index contributed by atoms with van der Waals surface area (Å²) in [4.78, 5) is -0.173. The van der Waals surface area contributed by atoms with Gasteiger partial charge in [0.1, 0.15) is 27.7 Å². The average molecular weight is 322 g/mol. The molecule has 0 saturated carbocycles. The molecule has 0 spiro atoms. The van der Waals surface area contributed by atoms with Crippen molar-refractivity contribution in [1.82, 2.24) is 0 Å². The van der Waals surface area contributed by atoms with Crippen LogP contribution >= 0.6 is 11.6 Å². The Hall–Kier alpha value is -1.06. The molecular weight excluding hydrogens is 313 g/mol. The summed E-state index contributed by atoms with van der Waals surface area (Å²) in [5.74, 6) is 0. The number of nitrogens with zero attached hydrogens (tertiary/aromatic N) is 3. The van der Waals surface area contributed by atoms with Gasteiger partial charge in [0.25, 0.3) is 0 Å². The van der Waals surface area contributed by atoms with Crippen LogP contribution in [-0.2, 0) is 10.0 Å². The molecule has 0 aromatic heterocycles. The van der Waals surface area contributed by atoms with Gasteiger partial charge in [-0.3, -0.25) is 0 Å². The largest absolute Gasteiger partial charge is 1.00 e. The zero-order chi connectivity index (χ0) is 14.9. The van der Waals surface area contributed by atoms with Gasteiger partial charge in [-0.05, 0) is 12.1 Å². The minimum Gasteiger partial charge on any atom is -0.577 e. The Kier molecular flexibility index (Phi) is 11.4. The number of benzene rings is 1. The molecular formula is C11H9ClN3NaO3S. The maximum Gasteiger partial charge on any atom is 1.00 e. The molecule has 9 heteroatoms. The molecule has 0 aliphatic carbocycles. The summed E-state index contributed by atoms with van der Waals surface area (Å²) < 4.78 is 26.6. The van der Waals surface area contributed by atoms with E-state index in [0.29, 0.717) is 6.20 Å². The third-order valence-electron chi connectivity index (χ3n) is 1.68. The molecule has 1 rings (SSSR count). The number of aliphatic hydroxyl groups excluding tert-OH is 1. The van der Waals surface area contributed by atoms with Crippen molar-refractivity contribution in [2.24, 2.45) is 0 Å². The Labute approximate surface area is 144 Å². The summed E-state index contributed by atoms with van der Waals surface area (Å²) in [6, 6.07) is 8.76. The van der Waals surface area contributed by atoms with E-state index in [9.17, 15) is 8.42 Å². The molecule has 0 heterocycles. The zero-order valence-electron chi connectivity index (χ0n) is 10.8. The monoisotopic (exact) mass is 321 g/mol. The van der Waals surface area contributed by atoms with E-state index in [1.165, 1.54) is 30.3 Å². The number of hydrogen-bond donors (Lipinski definition) is 1. The second kappa shape index (κ2) is 10.7. The number of sulfonamides is 1. The number of rotatable bonds is 3. The van der Waals surface area contributed by atoms with Crippen molar-refractivity contribution in [3.8, 4) is 12.1 Å². The predicted octanol–water partition coefficient (Wildman–Crippen LogP) is -1.05. The Balaban J connectivity index is 0. The van der Waals surface area contributed by atoms with Gasteiger partial charge in [0, 0.05) is 7.11 Å². The molecule has 0 aliphatic rings. The molecule has 20 heavy (non-hydrogen) atoms. The number of hydrogen-bond acceptors (Lipinski definition) is 5. The zero-order valence-corrected chi connectivity index (χ0v) is 14.4. The third-order valence-corrected chi connectivity index (χ3v) is 3.41. The van der Waals surface area contributed by atoms with Crippen LogP contribution in [0.25, 0.3) is 4.72 Å². The first-order chi connectivity index (χ1) is 9.01. The molecule has 1 aromatic rings. The van der Waals surface area contributed by atoms with Crippen LogP contribution in [0.15, 0.2) is 40.9 Å². The van der Waals surface area contributed by atoms with Crippen molar-refractivity contribution in [2.75, 3.05) is 7.11 Å². The van der Waals surface area contributed by atoms with Gasteiger partial charge in [0.2, 0.25) is 0 Å². The normalized spacial score (nSPS) is 8.65. The SMILES string of the molecule is CO.N#CC(C#N)=C[N-]S(=O)(=O)c1ccccc1Cl.[Na+]. The number of nitriles is 2. The molecule has 1 N–H and O–H groups in total. The van der Waals surface area contributed by atoms with E-state index in [1.807, 2.05) is 0 Å². The fourth-order valence-corrected chi connectivity index (χ4v) is 2.27.